The zero-order valence-electron chi connectivity index (χ0n) is 16.3. The predicted octanol–water partition coefficient (Wildman–Crippen LogP) is 3.02. The molecule has 0 aliphatic carbocycles. The fraction of sp³-hybridized carbons (Fsp3) is 0.333. The number of amides is 1. The molecule has 0 fully saturated rings. The number of sulfonamides is 1. The molecule has 1 aromatic carbocycles. The maximum absolute atomic E-state index is 13.1. The highest BCUT2D eigenvalue weighted by Crippen LogP contribution is 2.33. The smallest absolute Gasteiger partial charge is 0.422 e. The zero-order valence-corrected chi connectivity index (χ0v) is 17.1. The molecule has 0 aliphatic rings. The predicted molar refractivity (Wildman–Crippen MR) is 98.9 cm³/mol. The van der Waals surface area contributed by atoms with Crippen LogP contribution in [0.5, 0.6) is 5.88 Å². The molecule has 176 valence electrons. The first-order valence-electron chi connectivity index (χ1n) is 8.80. The summed E-state index contributed by atoms with van der Waals surface area (Å²) in [5, 5.41) is 2.27. The van der Waals surface area contributed by atoms with Gasteiger partial charge in [0, 0.05) is 18.3 Å². The number of benzene rings is 1. The van der Waals surface area contributed by atoms with Crippen LogP contribution >= 0.6 is 0 Å². The first kappa shape index (κ1) is 25.4. The Hall–Kier alpha value is -2.87. The molecule has 2 N–H and O–H groups in total. The van der Waals surface area contributed by atoms with Gasteiger partial charge in [-0.1, -0.05) is 18.2 Å². The molecular formula is C18H17F6N3O4S. The molecular weight excluding hydrogens is 468 g/mol. The number of carbonyl (C=O) groups is 1. The summed E-state index contributed by atoms with van der Waals surface area (Å²) in [6.07, 6.45) is -8.38. The third-order valence-electron chi connectivity index (χ3n) is 3.88. The minimum Gasteiger partial charge on any atom is -0.468 e. The summed E-state index contributed by atoms with van der Waals surface area (Å²) >= 11 is 0. The van der Waals surface area contributed by atoms with Gasteiger partial charge in [-0.05, 0) is 25.1 Å². The van der Waals surface area contributed by atoms with Crippen LogP contribution in [0, 0.1) is 0 Å². The molecule has 0 spiro atoms. The maximum atomic E-state index is 13.1. The van der Waals surface area contributed by atoms with Crippen molar-refractivity contribution in [2.24, 2.45) is 0 Å². The number of carbonyl (C=O) groups excluding carboxylic acids is 1. The van der Waals surface area contributed by atoms with Crippen LogP contribution in [0.4, 0.5) is 26.3 Å². The molecule has 0 saturated heterocycles. The lowest BCUT2D eigenvalue weighted by molar-refractivity contribution is -0.154. The van der Waals surface area contributed by atoms with Crippen LogP contribution in [-0.4, -0.2) is 38.1 Å². The number of ether oxygens (including phenoxy) is 1. The Bertz CT molecular complexity index is 1060. The Balaban J connectivity index is 2.08. The van der Waals surface area contributed by atoms with Gasteiger partial charge in [0.2, 0.25) is 21.8 Å². The van der Waals surface area contributed by atoms with Crippen molar-refractivity contribution >= 4 is 15.9 Å². The topological polar surface area (TPSA) is 97.4 Å². The number of halogens is 6. The number of nitrogens with one attached hydrogen (secondary N) is 2. The van der Waals surface area contributed by atoms with Gasteiger partial charge in [0.05, 0.1) is 16.5 Å². The van der Waals surface area contributed by atoms with E-state index in [1.807, 2.05) is 4.72 Å². The van der Waals surface area contributed by atoms with E-state index >= 15 is 0 Å². The van der Waals surface area contributed by atoms with Crippen molar-refractivity contribution in [1.82, 2.24) is 15.0 Å². The largest absolute Gasteiger partial charge is 0.468 e. The molecule has 14 heteroatoms. The molecule has 1 amide bonds. The van der Waals surface area contributed by atoms with Gasteiger partial charge in [0.25, 0.3) is 0 Å². The summed E-state index contributed by atoms with van der Waals surface area (Å²) in [4.78, 5) is 14.8. The molecule has 0 saturated carbocycles. The SMILES string of the molecule is CC(NS(=O)(=O)c1ccccc1C(F)(F)F)C(=O)NCc1cccnc1OCC(F)(F)F. The van der Waals surface area contributed by atoms with Crippen molar-refractivity contribution in [2.45, 2.75) is 36.8 Å². The average molecular weight is 485 g/mol. The van der Waals surface area contributed by atoms with Crippen molar-refractivity contribution in [1.29, 1.82) is 0 Å². The fourth-order valence-electron chi connectivity index (χ4n) is 2.46. The monoisotopic (exact) mass is 485 g/mol. The Labute approximate surface area is 178 Å². The van der Waals surface area contributed by atoms with Gasteiger partial charge in [-0.25, -0.2) is 13.4 Å². The Morgan fingerprint density at radius 2 is 1.75 bits per heavy atom. The zero-order chi connectivity index (χ0) is 24.2. The lowest BCUT2D eigenvalue weighted by Gasteiger charge is -2.18. The Morgan fingerprint density at radius 3 is 2.38 bits per heavy atom. The second-order valence-electron chi connectivity index (χ2n) is 6.43. The number of hydrogen-bond acceptors (Lipinski definition) is 5. The van der Waals surface area contributed by atoms with Crippen LogP contribution in [0.3, 0.4) is 0 Å². The molecule has 7 nitrogen and oxygen atoms in total. The maximum Gasteiger partial charge on any atom is 0.422 e. The number of alkyl halides is 6. The lowest BCUT2D eigenvalue weighted by atomic mass is 10.2. The van der Waals surface area contributed by atoms with E-state index in [2.05, 4.69) is 15.0 Å². The highest BCUT2D eigenvalue weighted by molar-refractivity contribution is 7.89. The van der Waals surface area contributed by atoms with Crippen molar-refractivity contribution < 1.29 is 44.3 Å². The summed E-state index contributed by atoms with van der Waals surface area (Å²) in [5.41, 5.74) is -1.33. The molecule has 1 heterocycles. The summed E-state index contributed by atoms with van der Waals surface area (Å²) in [7, 11) is -4.73. The fourth-order valence-corrected chi connectivity index (χ4v) is 3.89. The van der Waals surface area contributed by atoms with Crippen LogP contribution in [0.15, 0.2) is 47.5 Å². The second kappa shape index (κ2) is 9.73. The molecule has 0 aliphatic heterocycles. The third kappa shape index (κ3) is 7.09. The summed E-state index contributed by atoms with van der Waals surface area (Å²) in [5.74, 6) is -1.33. The standard InChI is InChI=1S/C18H17F6N3O4S/c1-11(27-32(29,30)14-7-3-2-6-13(14)18(22,23)24)15(28)26-9-12-5-4-8-25-16(12)31-10-17(19,20)21/h2-8,11,27H,9-10H2,1H3,(H,26,28). The number of hydrogen-bond donors (Lipinski definition) is 2. The molecule has 0 radical (unpaired) electrons. The highest BCUT2D eigenvalue weighted by atomic mass is 32.2. The highest BCUT2D eigenvalue weighted by Gasteiger charge is 2.37. The summed E-state index contributed by atoms with van der Waals surface area (Å²) < 4.78 is 108. The molecule has 1 unspecified atom stereocenters. The molecule has 0 bridgehead atoms. The minimum absolute atomic E-state index is 0.0718. The van der Waals surface area contributed by atoms with E-state index in [9.17, 15) is 39.6 Å². The third-order valence-corrected chi connectivity index (χ3v) is 5.48. The molecule has 1 atom stereocenters. The van der Waals surface area contributed by atoms with Crippen LogP contribution in [0.2, 0.25) is 0 Å². The van der Waals surface area contributed by atoms with Crippen LogP contribution in [0.25, 0.3) is 0 Å². The molecule has 1 aromatic heterocycles. The number of nitrogens with zero attached hydrogens (tertiary/aromatic N) is 1. The van der Waals surface area contributed by atoms with Gasteiger partial charge >= 0.3 is 12.4 Å². The van der Waals surface area contributed by atoms with Crippen molar-refractivity contribution in [3.63, 3.8) is 0 Å². The number of aromatic nitrogens is 1. The lowest BCUT2D eigenvalue weighted by Crippen LogP contribution is -2.44. The van der Waals surface area contributed by atoms with Gasteiger partial charge in [-0.2, -0.15) is 31.1 Å². The van der Waals surface area contributed by atoms with Crippen molar-refractivity contribution in [3.05, 3.63) is 53.7 Å². The summed E-state index contributed by atoms with van der Waals surface area (Å²) in [6.45, 7) is -0.891. The first-order valence-corrected chi connectivity index (χ1v) is 10.3. The van der Waals surface area contributed by atoms with E-state index in [-0.39, 0.29) is 12.1 Å². The molecule has 32 heavy (non-hydrogen) atoms. The average Bonchev–Trinajstić information content (AvgIpc) is 2.69. The molecule has 2 rings (SSSR count). The van der Waals surface area contributed by atoms with Gasteiger partial charge in [0.1, 0.15) is 0 Å². The normalized spacial score (nSPS) is 13.5. The van der Waals surface area contributed by atoms with Crippen LogP contribution in [-0.2, 0) is 27.5 Å². The Kier molecular flexibility index (Phi) is 7.72. The first-order chi connectivity index (χ1) is 14.7. The van der Waals surface area contributed by atoms with E-state index in [1.54, 1.807) is 0 Å². The number of pyridine rings is 1. The van der Waals surface area contributed by atoms with Crippen molar-refractivity contribution in [2.75, 3.05) is 6.61 Å². The van der Waals surface area contributed by atoms with Gasteiger partial charge < -0.3 is 10.1 Å². The van der Waals surface area contributed by atoms with E-state index < -0.39 is 57.3 Å². The second-order valence-corrected chi connectivity index (χ2v) is 8.11. The minimum atomic E-state index is -4.94. The van der Waals surface area contributed by atoms with Crippen molar-refractivity contribution in [3.8, 4) is 5.88 Å². The number of rotatable bonds is 8. The van der Waals surface area contributed by atoms with Gasteiger partial charge in [-0.15, -0.1) is 0 Å². The molecule has 2 aromatic rings. The van der Waals surface area contributed by atoms with E-state index in [4.69, 9.17) is 0 Å². The van der Waals surface area contributed by atoms with Crippen LogP contribution < -0.4 is 14.8 Å². The van der Waals surface area contributed by atoms with E-state index in [0.717, 1.165) is 25.1 Å². The van der Waals surface area contributed by atoms with Crippen LogP contribution in [0.1, 0.15) is 18.1 Å². The quantitative estimate of drug-likeness (QED) is 0.561. The van der Waals surface area contributed by atoms with E-state index in [0.29, 0.717) is 6.07 Å². The summed E-state index contributed by atoms with van der Waals surface area (Å²) in [6, 6.07) is 4.65. The Morgan fingerprint density at radius 1 is 1.09 bits per heavy atom. The van der Waals surface area contributed by atoms with Gasteiger partial charge in [0.15, 0.2) is 6.61 Å². The van der Waals surface area contributed by atoms with Gasteiger partial charge in [-0.3, -0.25) is 4.79 Å². The van der Waals surface area contributed by atoms with E-state index in [1.165, 1.54) is 18.3 Å².